The van der Waals surface area contributed by atoms with Gasteiger partial charge in [-0.3, -0.25) is 4.79 Å². The van der Waals surface area contributed by atoms with Crippen LogP contribution < -0.4 is 5.32 Å². The van der Waals surface area contributed by atoms with Crippen molar-refractivity contribution in [2.24, 2.45) is 0 Å². The summed E-state index contributed by atoms with van der Waals surface area (Å²) in [5, 5.41) is 3.29. The van der Waals surface area contributed by atoms with E-state index in [4.69, 9.17) is 11.6 Å². The molecule has 0 aliphatic rings. The van der Waals surface area contributed by atoms with Crippen molar-refractivity contribution in [1.82, 2.24) is 9.55 Å². The molecule has 20 heavy (non-hydrogen) atoms. The molecule has 2 heterocycles. The molecule has 1 N–H and O–H groups in total. The van der Waals surface area contributed by atoms with E-state index in [-0.39, 0.29) is 11.9 Å². The van der Waals surface area contributed by atoms with Crippen molar-refractivity contribution in [3.05, 3.63) is 48.0 Å². The van der Waals surface area contributed by atoms with Crippen LogP contribution in [0.15, 0.2) is 42.9 Å². The zero-order valence-corrected chi connectivity index (χ0v) is 12.7. The second-order valence-electron chi connectivity index (χ2n) is 4.29. The molecular weight excluding hydrogens is 294 g/mol. The number of anilines is 1. The van der Waals surface area contributed by atoms with Crippen molar-refractivity contribution in [3.63, 3.8) is 0 Å². The molecule has 0 fully saturated rings. The molecule has 2 aromatic rings. The lowest BCUT2D eigenvalue weighted by atomic mass is 10.2. The summed E-state index contributed by atoms with van der Waals surface area (Å²) in [6, 6.07) is 7.03. The molecule has 0 aliphatic carbocycles. The highest BCUT2D eigenvalue weighted by molar-refractivity contribution is 7.98. The number of hydrogen-bond donors (Lipinski definition) is 1. The van der Waals surface area contributed by atoms with E-state index in [1.54, 1.807) is 30.1 Å². The van der Waals surface area contributed by atoms with Crippen LogP contribution in [0, 0.1) is 0 Å². The summed E-state index contributed by atoms with van der Waals surface area (Å²) in [5.41, 5.74) is 0.653. The minimum Gasteiger partial charge on any atom is -0.342 e. The van der Waals surface area contributed by atoms with Crippen LogP contribution in [0.1, 0.15) is 12.5 Å². The zero-order chi connectivity index (χ0) is 14.4. The van der Waals surface area contributed by atoms with Gasteiger partial charge in [-0.25, -0.2) is 4.98 Å². The summed E-state index contributed by atoms with van der Waals surface area (Å²) in [7, 11) is 0. The van der Waals surface area contributed by atoms with Crippen LogP contribution in [0.4, 0.5) is 5.69 Å². The molecule has 106 valence electrons. The average molecular weight is 310 g/mol. The smallest absolute Gasteiger partial charge is 0.247 e. The standard InChI is InChI=1S/C14H16ClN3OS/c1-20-9-6-12(18-7-2-3-8-18)14(19)17-11-4-5-13(15)16-10-11/h2-5,7-8,10,12H,6,9H2,1H3,(H,17,19)/t12-/m1/s1. The van der Waals surface area contributed by atoms with Gasteiger partial charge in [0.25, 0.3) is 0 Å². The predicted molar refractivity (Wildman–Crippen MR) is 84.3 cm³/mol. The molecule has 1 amide bonds. The average Bonchev–Trinajstić information content (AvgIpc) is 2.96. The Morgan fingerprint density at radius 3 is 2.80 bits per heavy atom. The minimum atomic E-state index is -0.215. The number of rotatable bonds is 6. The molecule has 1 atom stereocenters. The third kappa shape index (κ3) is 4.02. The number of halogens is 1. The molecule has 0 radical (unpaired) electrons. The van der Waals surface area contributed by atoms with E-state index in [0.717, 1.165) is 12.2 Å². The summed E-state index contributed by atoms with van der Waals surface area (Å²) in [5.74, 6) is 0.883. The number of carbonyl (C=O) groups is 1. The van der Waals surface area contributed by atoms with Crippen LogP contribution in [0.5, 0.6) is 0 Å². The van der Waals surface area contributed by atoms with E-state index >= 15 is 0 Å². The third-order valence-electron chi connectivity index (χ3n) is 2.88. The van der Waals surface area contributed by atoms with Crippen LogP contribution in [0.2, 0.25) is 5.15 Å². The van der Waals surface area contributed by atoms with Crippen molar-refractivity contribution < 1.29 is 4.79 Å². The SMILES string of the molecule is CSCC[C@H](C(=O)Nc1ccc(Cl)nc1)n1cccc1. The van der Waals surface area contributed by atoms with E-state index in [9.17, 15) is 4.79 Å². The van der Waals surface area contributed by atoms with Crippen molar-refractivity contribution in [3.8, 4) is 0 Å². The molecule has 0 bridgehead atoms. The number of aromatic nitrogens is 2. The van der Waals surface area contributed by atoms with Gasteiger partial charge in [0, 0.05) is 12.4 Å². The van der Waals surface area contributed by atoms with Crippen molar-refractivity contribution in [2.75, 3.05) is 17.3 Å². The maximum Gasteiger partial charge on any atom is 0.247 e. The molecule has 0 saturated carbocycles. The minimum absolute atomic E-state index is 0.0422. The van der Waals surface area contributed by atoms with Gasteiger partial charge in [0.2, 0.25) is 5.91 Å². The van der Waals surface area contributed by atoms with Gasteiger partial charge in [-0.15, -0.1) is 0 Å². The van der Waals surface area contributed by atoms with E-state index in [2.05, 4.69) is 10.3 Å². The fraction of sp³-hybridized carbons (Fsp3) is 0.286. The Kier molecular flexibility index (Phi) is 5.49. The summed E-state index contributed by atoms with van der Waals surface area (Å²) in [6.07, 6.45) is 8.19. The van der Waals surface area contributed by atoms with Gasteiger partial charge >= 0.3 is 0 Å². The lowest BCUT2D eigenvalue weighted by Gasteiger charge is -2.18. The summed E-state index contributed by atoms with van der Waals surface area (Å²) >= 11 is 7.46. The van der Waals surface area contributed by atoms with E-state index < -0.39 is 0 Å². The van der Waals surface area contributed by atoms with Gasteiger partial charge in [0.1, 0.15) is 11.2 Å². The number of pyridine rings is 1. The topological polar surface area (TPSA) is 46.9 Å². The van der Waals surface area contributed by atoms with Crippen LogP contribution in [-0.2, 0) is 4.79 Å². The summed E-state index contributed by atoms with van der Waals surface area (Å²) < 4.78 is 1.93. The van der Waals surface area contributed by atoms with Gasteiger partial charge in [0.05, 0.1) is 11.9 Å². The number of thioether (sulfide) groups is 1. The molecular formula is C14H16ClN3OS. The Balaban J connectivity index is 2.08. The molecule has 0 aliphatic heterocycles. The van der Waals surface area contributed by atoms with E-state index in [0.29, 0.717) is 10.8 Å². The van der Waals surface area contributed by atoms with E-state index in [1.165, 1.54) is 0 Å². The summed E-state index contributed by atoms with van der Waals surface area (Å²) in [6.45, 7) is 0. The monoisotopic (exact) mass is 309 g/mol. The highest BCUT2D eigenvalue weighted by Crippen LogP contribution is 2.18. The number of nitrogens with zero attached hydrogens (tertiary/aromatic N) is 2. The molecule has 2 aromatic heterocycles. The first-order valence-corrected chi connectivity index (χ1v) is 8.01. The highest BCUT2D eigenvalue weighted by Gasteiger charge is 2.19. The Labute approximate surface area is 127 Å². The van der Waals surface area contributed by atoms with Gasteiger partial charge in [0.15, 0.2) is 0 Å². The summed E-state index contributed by atoms with van der Waals surface area (Å²) in [4.78, 5) is 16.4. The Morgan fingerprint density at radius 1 is 1.45 bits per heavy atom. The fourth-order valence-corrected chi connectivity index (χ4v) is 2.45. The normalized spacial score (nSPS) is 12.1. The lowest BCUT2D eigenvalue weighted by molar-refractivity contribution is -0.119. The number of hydrogen-bond acceptors (Lipinski definition) is 3. The third-order valence-corrected chi connectivity index (χ3v) is 3.75. The van der Waals surface area contributed by atoms with Gasteiger partial charge in [-0.2, -0.15) is 11.8 Å². The lowest BCUT2D eigenvalue weighted by Crippen LogP contribution is -2.26. The number of carbonyl (C=O) groups excluding carboxylic acids is 1. The fourth-order valence-electron chi connectivity index (χ4n) is 1.88. The van der Waals surface area contributed by atoms with Gasteiger partial charge in [-0.05, 0) is 42.7 Å². The molecule has 6 heteroatoms. The van der Waals surface area contributed by atoms with Crippen molar-refractivity contribution in [1.29, 1.82) is 0 Å². The van der Waals surface area contributed by atoms with Gasteiger partial charge in [-0.1, -0.05) is 11.6 Å². The molecule has 0 unspecified atom stereocenters. The number of nitrogens with one attached hydrogen (secondary N) is 1. The molecule has 0 aromatic carbocycles. The molecule has 4 nitrogen and oxygen atoms in total. The Morgan fingerprint density at radius 2 is 2.20 bits per heavy atom. The maximum absolute atomic E-state index is 12.4. The van der Waals surface area contributed by atoms with Gasteiger partial charge < -0.3 is 9.88 Å². The quantitative estimate of drug-likeness (QED) is 0.831. The van der Waals surface area contributed by atoms with Crippen LogP contribution in [0.3, 0.4) is 0 Å². The first-order chi connectivity index (χ1) is 9.70. The second-order valence-corrected chi connectivity index (χ2v) is 5.66. The highest BCUT2D eigenvalue weighted by atomic mass is 35.5. The van der Waals surface area contributed by atoms with Crippen molar-refractivity contribution in [2.45, 2.75) is 12.5 Å². The first-order valence-electron chi connectivity index (χ1n) is 6.24. The van der Waals surface area contributed by atoms with Crippen LogP contribution in [0.25, 0.3) is 0 Å². The van der Waals surface area contributed by atoms with Crippen LogP contribution in [-0.4, -0.2) is 27.5 Å². The first kappa shape index (κ1) is 14.9. The van der Waals surface area contributed by atoms with Crippen LogP contribution >= 0.6 is 23.4 Å². The maximum atomic E-state index is 12.4. The zero-order valence-electron chi connectivity index (χ0n) is 11.1. The molecule has 0 saturated heterocycles. The van der Waals surface area contributed by atoms with Crippen molar-refractivity contribution >= 4 is 35.0 Å². The predicted octanol–water partition coefficient (Wildman–Crippen LogP) is 3.47. The molecule has 2 rings (SSSR count). The Hall–Kier alpha value is -1.46. The second kappa shape index (κ2) is 7.36. The largest absolute Gasteiger partial charge is 0.342 e. The Bertz CT molecular complexity index is 542. The molecule has 0 spiro atoms. The van der Waals surface area contributed by atoms with E-state index in [1.807, 2.05) is 35.3 Å². The number of amides is 1.